The molecule has 0 spiro atoms. The molecule has 1 aromatic rings. The van der Waals surface area contributed by atoms with E-state index in [1.54, 1.807) is 18.1 Å². The van der Waals surface area contributed by atoms with Gasteiger partial charge >= 0.3 is 0 Å². The van der Waals surface area contributed by atoms with Gasteiger partial charge in [-0.1, -0.05) is 11.8 Å². The monoisotopic (exact) mass is 215 g/mol. The van der Waals surface area contributed by atoms with Crippen LogP contribution in [0.2, 0.25) is 0 Å². The zero-order valence-corrected chi connectivity index (χ0v) is 8.70. The molecule has 0 N–H and O–H groups in total. The fourth-order valence-corrected chi connectivity index (χ4v) is 1.98. The summed E-state index contributed by atoms with van der Waals surface area (Å²) in [7, 11) is 0. The van der Waals surface area contributed by atoms with Crippen LogP contribution in [0, 0.1) is 0 Å². The molecule has 0 aromatic carbocycles. The second-order valence-corrected chi connectivity index (χ2v) is 3.90. The molecule has 14 heavy (non-hydrogen) atoms. The maximum absolute atomic E-state index is 5.37. The first-order chi connectivity index (χ1) is 6.97. The topological polar surface area (TPSA) is 49.2 Å². The van der Waals surface area contributed by atoms with Crippen LogP contribution in [-0.4, -0.2) is 46.9 Å². The molecular formula is C8H13N3O2S. The first-order valence-corrected chi connectivity index (χ1v) is 5.61. The summed E-state index contributed by atoms with van der Waals surface area (Å²) in [5, 5.41) is 5.07. The minimum Gasteiger partial charge on any atom is -0.378 e. The summed E-state index contributed by atoms with van der Waals surface area (Å²) in [6.45, 7) is 3.51. The number of nitrogens with zero attached hydrogens (tertiary/aromatic N) is 3. The molecule has 2 rings (SSSR count). The van der Waals surface area contributed by atoms with Crippen LogP contribution < -0.4 is 0 Å². The third-order valence-corrected chi connectivity index (χ3v) is 2.80. The van der Waals surface area contributed by atoms with Gasteiger partial charge in [0.25, 0.3) is 0 Å². The standard InChI is InChI=1S/C8H13N3O2S/c1-2-12-3-4-13-5-6-14-8-9-7-10-11(1)8/h7H,1-6H2. The largest absolute Gasteiger partial charge is 0.378 e. The number of fused-ring (bicyclic) bond motifs is 1. The normalized spacial score (nSPS) is 19.7. The highest BCUT2D eigenvalue weighted by molar-refractivity contribution is 7.99. The molecule has 0 saturated heterocycles. The number of aromatic nitrogens is 3. The summed E-state index contributed by atoms with van der Waals surface area (Å²) < 4.78 is 12.6. The average Bonchev–Trinajstić information content (AvgIpc) is 2.61. The van der Waals surface area contributed by atoms with Crippen molar-refractivity contribution < 1.29 is 9.47 Å². The third kappa shape index (κ3) is 2.70. The third-order valence-electron chi connectivity index (χ3n) is 1.86. The number of rotatable bonds is 0. The van der Waals surface area contributed by atoms with Crippen LogP contribution in [0.1, 0.15) is 0 Å². The zero-order valence-electron chi connectivity index (χ0n) is 7.89. The van der Waals surface area contributed by atoms with Gasteiger partial charge in [0.15, 0.2) is 5.16 Å². The van der Waals surface area contributed by atoms with Gasteiger partial charge < -0.3 is 9.47 Å². The van der Waals surface area contributed by atoms with Crippen molar-refractivity contribution in [1.82, 2.24) is 14.8 Å². The van der Waals surface area contributed by atoms with Crippen LogP contribution in [0.3, 0.4) is 0 Å². The summed E-state index contributed by atoms with van der Waals surface area (Å²) in [6, 6.07) is 0. The summed E-state index contributed by atoms with van der Waals surface area (Å²) in [5.74, 6) is 0.915. The number of thioether (sulfide) groups is 1. The Balaban J connectivity index is 1.97. The van der Waals surface area contributed by atoms with Crippen molar-refractivity contribution in [2.45, 2.75) is 11.7 Å². The van der Waals surface area contributed by atoms with Crippen molar-refractivity contribution in [2.24, 2.45) is 0 Å². The van der Waals surface area contributed by atoms with Gasteiger partial charge in [-0.05, 0) is 0 Å². The predicted molar refractivity (Wildman–Crippen MR) is 52.4 cm³/mol. The van der Waals surface area contributed by atoms with Crippen molar-refractivity contribution in [3.05, 3.63) is 6.33 Å². The van der Waals surface area contributed by atoms with Gasteiger partial charge in [-0.25, -0.2) is 9.67 Å². The van der Waals surface area contributed by atoms with E-state index in [-0.39, 0.29) is 0 Å². The van der Waals surface area contributed by atoms with Gasteiger partial charge in [-0.2, -0.15) is 5.10 Å². The van der Waals surface area contributed by atoms with E-state index in [0.717, 1.165) is 24.1 Å². The fraction of sp³-hybridized carbons (Fsp3) is 0.750. The van der Waals surface area contributed by atoms with E-state index >= 15 is 0 Å². The molecule has 1 aliphatic rings. The molecule has 0 fully saturated rings. The first-order valence-electron chi connectivity index (χ1n) is 4.63. The summed E-state index contributed by atoms with van der Waals surface area (Å²) in [5.41, 5.74) is 0. The summed E-state index contributed by atoms with van der Waals surface area (Å²) >= 11 is 1.67. The van der Waals surface area contributed by atoms with Gasteiger partial charge in [0.1, 0.15) is 6.33 Å². The zero-order chi connectivity index (χ0) is 9.64. The van der Waals surface area contributed by atoms with Crippen molar-refractivity contribution in [2.75, 3.05) is 32.2 Å². The molecule has 0 atom stereocenters. The van der Waals surface area contributed by atoms with E-state index in [2.05, 4.69) is 10.1 Å². The lowest BCUT2D eigenvalue weighted by atomic mass is 10.7. The van der Waals surface area contributed by atoms with Crippen molar-refractivity contribution >= 4 is 11.8 Å². The lowest BCUT2D eigenvalue weighted by molar-refractivity contribution is 0.0498. The molecule has 0 aliphatic carbocycles. The Morgan fingerprint density at radius 1 is 1.21 bits per heavy atom. The Hall–Kier alpha value is -0.590. The second kappa shape index (κ2) is 5.33. The summed E-state index contributed by atoms with van der Waals surface area (Å²) in [6.07, 6.45) is 1.58. The number of hydrogen-bond donors (Lipinski definition) is 0. The van der Waals surface area contributed by atoms with E-state index in [1.807, 2.05) is 4.68 Å². The van der Waals surface area contributed by atoms with Crippen molar-refractivity contribution in [3.63, 3.8) is 0 Å². The van der Waals surface area contributed by atoms with Gasteiger partial charge in [0, 0.05) is 5.75 Å². The van der Waals surface area contributed by atoms with E-state index in [0.29, 0.717) is 19.8 Å². The Bertz CT molecular complexity index is 255. The Labute approximate surface area is 86.8 Å². The maximum Gasteiger partial charge on any atom is 0.186 e. The van der Waals surface area contributed by atoms with Crippen molar-refractivity contribution in [3.8, 4) is 0 Å². The highest BCUT2D eigenvalue weighted by Crippen LogP contribution is 2.14. The SMILES string of the molecule is c1nc2n(n1)CCOCCOCCS2. The van der Waals surface area contributed by atoms with Crippen LogP contribution in [0.4, 0.5) is 0 Å². The Morgan fingerprint density at radius 3 is 3.00 bits per heavy atom. The molecule has 5 nitrogen and oxygen atoms in total. The molecule has 1 aliphatic heterocycles. The second-order valence-electron chi connectivity index (χ2n) is 2.84. The van der Waals surface area contributed by atoms with Crippen LogP contribution in [-0.2, 0) is 16.0 Å². The van der Waals surface area contributed by atoms with Crippen LogP contribution in [0.15, 0.2) is 11.5 Å². The van der Waals surface area contributed by atoms with E-state index in [1.165, 1.54) is 0 Å². The van der Waals surface area contributed by atoms with E-state index < -0.39 is 0 Å². The Morgan fingerprint density at radius 2 is 2.07 bits per heavy atom. The van der Waals surface area contributed by atoms with Crippen LogP contribution in [0.25, 0.3) is 0 Å². The first kappa shape index (κ1) is 9.95. The average molecular weight is 215 g/mol. The highest BCUT2D eigenvalue weighted by Gasteiger charge is 2.05. The molecule has 6 heteroatoms. The number of ether oxygens (including phenoxy) is 2. The molecule has 0 amide bonds. The van der Waals surface area contributed by atoms with E-state index in [4.69, 9.17) is 9.47 Å². The predicted octanol–water partition coefficient (Wildman–Crippen LogP) is 0.417. The molecule has 1 aromatic heterocycles. The van der Waals surface area contributed by atoms with E-state index in [9.17, 15) is 0 Å². The minimum atomic E-state index is 0.661. The van der Waals surface area contributed by atoms with Crippen molar-refractivity contribution in [1.29, 1.82) is 0 Å². The highest BCUT2D eigenvalue weighted by atomic mass is 32.2. The quantitative estimate of drug-likeness (QED) is 0.627. The summed E-state index contributed by atoms with van der Waals surface area (Å²) in [4.78, 5) is 4.17. The lowest BCUT2D eigenvalue weighted by Gasteiger charge is -2.03. The smallest absolute Gasteiger partial charge is 0.186 e. The molecule has 0 saturated carbocycles. The van der Waals surface area contributed by atoms with Gasteiger partial charge in [-0.3, -0.25) is 0 Å². The molecular weight excluding hydrogens is 202 g/mol. The molecule has 0 unspecified atom stereocenters. The lowest BCUT2D eigenvalue weighted by Crippen LogP contribution is -2.10. The maximum atomic E-state index is 5.37. The van der Waals surface area contributed by atoms with Gasteiger partial charge in [0.05, 0.1) is 33.0 Å². The van der Waals surface area contributed by atoms with Gasteiger partial charge in [-0.15, -0.1) is 0 Å². The van der Waals surface area contributed by atoms with Crippen LogP contribution >= 0.6 is 11.8 Å². The molecule has 0 bridgehead atoms. The fourth-order valence-electron chi connectivity index (χ4n) is 1.18. The molecule has 78 valence electrons. The molecule has 0 radical (unpaired) electrons. The van der Waals surface area contributed by atoms with Gasteiger partial charge in [0.2, 0.25) is 0 Å². The number of hydrogen-bond acceptors (Lipinski definition) is 5. The minimum absolute atomic E-state index is 0.661. The Kier molecular flexibility index (Phi) is 3.79. The molecule has 2 heterocycles. The van der Waals surface area contributed by atoms with Crippen LogP contribution in [0.5, 0.6) is 0 Å².